The number of rotatable bonds is 1. The van der Waals surface area contributed by atoms with Crippen molar-refractivity contribution in [3.63, 3.8) is 0 Å². The van der Waals surface area contributed by atoms with Crippen LogP contribution in [0.4, 0.5) is 0 Å². The van der Waals surface area contributed by atoms with Gasteiger partial charge in [0.05, 0.1) is 0 Å². The Hall–Kier alpha value is -0.985. The molecule has 1 aliphatic rings. The van der Waals surface area contributed by atoms with E-state index < -0.39 is 0 Å². The van der Waals surface area contributed by atoms with Gasteiger partial charge in [0.15, 0.2) is 0 Å². The maximum atomic E-state index is 10.4. The van der Waals surface area contributed by atoms with Gasteiger partial charge in [-0.25, -0.2) is 0 Å². The van der Waals surface area contributed by atoms with Crippen molar-refractivity contribution in [1.82, 2.24) is 0 Å². The van der Waals surface area contributed by atoms with Gasteiger partial charge in [-0.2, -0.15) is 0 Å². The van der Waals surface area contributed by atoms with E-state index in [1.54, 1.807) is 5.97 Å². The molecule has 0 amide bonds. The molecule has 0 fully saturated rings. The molecule has 0 aromatic carbocycles. The molecular formula is C5H3BO2. The summed E-state index contributed by atoms with van der Waals surface area (Å²) >= 11 is 0. The van der Waals surface area contributed by atoms with Gasteiger partial charge in [-0.1, -0.05) is 0 Å². The molecule has 8 heavy (non-hydrogen) atoms. The SMILES string of the molecule is O=CC1=CC=BC1=O. The third-order valence-corrected chi connectivity index (χ3v) is 0.935. The summed E-state index contributed by atoms with van der Waals surface area (Å²) in [4.78, 5) is 20.3. The van der Waals surface area contributed by atoms with Crippen molar-refractivity contribution in [2.45, 2.75) is 0 Å². The average Bonchev–Trinajstić information content (AvgIpc) is 2.14. The van der Waals surface area contributed by atoms with Crippen molar-refractivity contribution in [2.75, 3.05) is 0 Å². The van der Waals surface area contributed by atoms with Crippen LogP contribution in [-0.4, -0.2) is 24.9 Å². The van der Waals surface area contributed by atoms with E-state index in [0.29, 0.717) is 6.29 Å². The Balaban J connectivity index is 2.88. The van der Waals surface area contributed by atoms with Gasteiger partial charge in [-0.3, -0.25) is 0 Å². The van der Waals surface area contributed by atoms with Crippen molar-refractivity contribution < 1.29 is 9.59 Å². The van der Waals surface area contributed by atoms with Crippen LogP contribution >= 0.6 is 0 Å². The molecule has 0 saturated heterocycles. The Kier molecular flexibility index (Phi) is 1.20. The first-order chi connectivity index (χ1) is 3.84. The minimum absolute atomic E-state index is 0.194. The second-order valence-corrected chi connectivity index (χ2v) is 1.46. The summed E-state index contributed by atoms with van der Waals surface area (Å²) in [7, 11) is 0. The Morgan fingerprint density at radius 3 is 2.62 bits per heavy atom. The fraction of sp³-hybridized carbons (Fsp3) is 0. The predicted molar refractivity (Wildman–Crippen MR) is 31.0 cm³/mol. The second kappa shape index (κ2) is 1.86. The number of carbonyl (C=O) groups is 2. The van der Waals surface area contributed by atoms with Gasteiger partial charge in [0.1, 0.15) is 0 Å². The van der Waals surface area contributed by atoms with E-state index in [-0.39, 0.29) is 11.3 Å². The van der Waals surface area contributed by atoms with E-state index in [1.807, 2.05) is 0 Å². The molecule has 0 unspecified atom stereocenters. The van der Waals surface area contributed by atoms with Crippen LogP contribution in [0.25, 0.3) is 0 Å². The van der Waals surface area contributed by atoms with Gasteiger partial charge in [-0.15, -0.1) is 0 Å². The zero-order valence-corrected chi connectivity index (χ0v) is 4.13. The zero-order chi connectivity index (χ0) is 5.98. The first-order valence-corrected chi connectivity index (χ1v) is 2.22. The van der Waals surface area contributed by atoms with Crippen molar-refractivity contribution in [3.8, 4) is 0 Å². The van der Waals surface area contributed by atoms with Crippen molar-refractivity contribution in [3.05, 3.63) is 11.6 Å². The number of hydrogen-bond acceptors (Lipinski definition) is 2. The van der Waals surface area contributed by atoms with Gasteiger partial charge in [-0.05, 0) is 0 Å². The second-order valence-electron chi connectivity index (χ2n) is 1.46. The summed E-state index contributed by atoms with van der Waals surface area (Å²) < 4.78 is 0. The third-order valence-electron chi connectivity index (χ3n) is 0.935. The number of hydrogen-bond donors (Lipinski definition) is 0. The standard InChI is InChI=1S/C5H3BO2/c7-3-4-1-2-6-5(4)8/h1-3H. The van der Waals surface area contributed by atoms with Crippen LogP contribution in [0.5, 0.6) is 0 Å². The summed E-state index contributed by atoms with van der Waals surface area (Å²) in [5.74, 6) is 1.56. The summed E-state index contributed by atoms with van der Waals surface area (Å²) in [6.07, 6.45) is 2.05. The monoisotopic (exact) mass is 106 g/mol. The van der Waals surface area contributed by atoms with E-state index in [4.69, 9.17) is 0 Å². The topological polar surface area (TPSA) is 34.1 Å². The van der Waals surface area contributed by atoms with E-state index in [0.717, 1.165) is 0 Å². The number of carbonyl (C=O) groups excluding carboxylic acids is 2. The summed E-state index contributed by atoms with van der Waals surface area (Å²) in [6, 6.07) is 0. The van der Waals surface area contributed by atoms with E-state index in [1.165, 1.54) is 13.0 Å². The Morgan fingerprint density at radius 1 is 1.62 bits per heavy atom. The summed E-state index contributed by atoms with van der Waals surface area (Å²) in [5, 5.41) is 0. The van der Waals surface area contributed by atoms with Crippen LogP contribution in [0.15, 0.2) is 11.6 Å². The van der Waals surface area contributed by atoms with E-state index in [2.05, 4.69) is 0 Å². The molecule has 0 aromatic rings. The molecule has 1 rings (SSSR count). The fourth-order valence-electron chi connectivity index (χ4n) is 0.515. The van der Waals surface area contributed by atoms with Crippen LogP contribution in [0.1, 0.15) is 0 Å². The first kappa shape index (κ1) is 5.16. The van der Waals surface area contributed by atoms with Crippen molar-refractivity contribution in [2.24, 2.45) is 0 Å². The zero-order valence-electron chi connectivity index (χ0n) is 4.13. The summed E-state index contributed by atoms with van der Waals surface area (Å²) in [5.41, 5.74) is 0.0463. The van der Waals surface area contributed by atoms with Gasteiger partial charge in [0.2, 0.25) is 0 Å². The van der Waals surface area contributed by atoms with Gasteiger partial charge in [0, 0.05) is 0 Å². The van der Waals surface area contributed by atoms with Crippen LogP contribution in [0, 0.1) is 0 Å². The molecule has 0 atom stereocenters. The average molecular weight is 106 g/mol. The maximum absolute atomic E-state index is 10.4. The van der Waals surface area contributed by atoms with Crippen LogP contribution in [0.3, 0.4) is 0 Å². The van der Waals surface area contributed by atoms with Gasteiger partial charge >= 0.3 is 46.1 Å². The quantitative estimate of drug-likeness (QED) is 0.248. The molecule has 1 heterocycles. The molecule has 0 N–H and O–H groups in total. The molecule has 0 bridgehead atoms. The number of allylic oxidation sites excluding steroid dienone is 2. The number of aldehydes is 1. The Bertz CT molecular complexity index is 191. The molecule has 0 aliphatic carbocycles. The molecular weight excluding hydrogens is 103 g/mol. The van der Waals surface area contributed by atoms with Gasteiger partial charge < -0.3 is 0 Å². The molecule has 2 nitrogen and oxygen atoms in total. The molecule has 0 saturated carbocycles. The molecule has 3 heteroatoms. The van der Waals surface area contributed by atoms with Crippen molar-refractivity contribution in [1.29, 1.82) is 0 Å². The first-order valence-electron chi connectivity index (χ1n) is 2.22. The third kappa shape index (κ3) is 0.666. The minimum atomic E-state index is -0.194. The molecule has 38 valence electrons. The fourth-order valence-corrected chi connectivity index (χ4v) is 0.515. The normalized spacial score (nSPS) is 15.5. The predicted octanol–water partition coefficient (Wildman–Crippen LogP) is -0.842. The molecule has 0 aromatic heterocycles. The Morgan fingerprint density at radius 2 is 2.38 bits per heavy atom. The van der Waals surface area contributed by atoms with Crippen LogP contribution in [0.2, 0.25) is 0 Å². The molecule has 0 radical (unpaired) electrons. The van der Waals surface area contributed by atoms with E-state index >= 15 is 0 Å². The summed E-state index contributed by atoms with van der Waals surface area (Å²) in [6.45, 7) is 1.36. The van der Waals surface area contributed by atoms with Gasteiger partial charge in [0.25, 0.3) is 0 Å². The van der Waals surface area contributed by atoms with Crippen LogP contribution < -0.4 is 0 Å². The van der Waals surface area contributed by atoms with Crippen LogP contribution in [-0.2, 0) is 9.59 Å². The van der Waals surface area contributed by atoms with Crippen molar-refractivity contribution >= 4 is 24.9 Å². The molecule has 0 spiro atoms. The Labute approximate surface area is 47.1 Å². The van der Waals surface area contributed by atoms with E-state index in [9.17, 15) is 9.59 Å². The molecule has 1 aliphatic heterocycles.